The monoisotopic (exact) mass is 271 g/mol. The van der Waals surface area contributed by atoms with Gasteiger partial charge in [0.25, 0.3) is 0 Å². The van der Waals surface area contributed by atoms with Crippen LogP contribution in [0.3, 0.4) is 0 Å². The summed E-state index contributed by atoms with van der Waals surface area (Å²) < 4.78 is 24.7. The van der Waals surface area contributed by atoms with Crippen LogP contribution in [0, 0.1) is 5.92 Å². The lowest BCUT2D eigenvalue weighted by Gasteiger charge is -2.18. The van der Waals surface area contributed by atoms with Crippen LogP contribution in [0.25, 0.3) is 0 Å². The summed E-state index contributed by atoms with van der Waals surface area (Å²) in [5, 5.41) is 7.63. The summed E-state index contributed by atoms with van der Waals surface area (Å²) in [6, 6.07) is 2.31. The van der Waals surface area contributed by atoms with Crippen molar-refractivity contribution in [2.45, 2.75) is 25.3 Å². The number of nitrogens with zero attached hydrogens (tertiary/aromatic N) is 2. The molecular formula is C12H21N3O2S. The molecule has 0 radical (unpaired) electrons. The number of likely N-dealkylation sites (N-methyl/N-ethyl adjacent to an activating group) is 1. The molecule has 5 nitrogen and oxygen atoms in total. The van der Waals surface area contributed by atoms with Crippen molar-refractivity contribution >= 4 is 9.84 Å². The first kappa shape index (κ1) is 13.5. The molecule has 0 amide bonds. The Bertz CT molecular complexity index is 495. The summed E-state index contributed by atoms with van der Waals surface area (Å²) in [7, 11) is 1.07. The number of rotatable bonds is 5. The number of aromatic nitrogens is 2. The minimum Gasteiger partial charge on any atom is -0.317 e. The second-order valence-corrected chi connectivity index (χ2v) is 7.40. The fourth-order valence-corrected chi connectivity index (χ4v) is 4.47. The Kier molecular flexibility index (Phi) is 4.07. The Morgan fingerprint density at radius 2 is 2.39 bits per heavy atom. The van der Waals surface area contributed by atoms with E-state index in [9.17, 15) is 8.42 Å². The largest absolute Gasteiger partial charge is 0.317 e. The lowest BCUT2D eigenvalue weighted by Crippen LogP contribution is -2.30. The molecule has 2 rings (SSSR count). The molecule has 1 aliphatic rings. The molecule has 1 N–H and O–H groups in total. The van der Waals surface area contributed by atoms with E-state index >= 15 is 0 Å². The van der Waals surface area contributed by atoms with Gasteiger partial charge in [-0.15, -0.1) is 0 Å². The molecule has 2 atom stereocenters. The average Bonchev–Trinajstić information content (AvgIpc) is 2.84. The van der Waals surface area contributed by atoms with Gasteiger partial charge < -0.3 is 5.32 Å². The highest BCUT2D eigenvalue weighted by molar-refractivity contribution is 7.91. The number of sulfone groups is 1. The number of aryl methyl sites for hydroxylation is 1. The van der Waals surface area contributed by atoms with Gasteiger partial charge in [-0.25, -0.2) is 8.42 Å². The standard InChI is InChI=1S/C12H21N3O2S/c1-13-12(8-11-3-5-15(2)14-11)7-10-4-6-18(16,17)9-10/h3,5,10,12-13H,4,6-9H2,1-2H3. The summed E-state index contributed by atoms with van der Waals surface area (Å²) in [5.41, 5.74) is 1.05. The minimum absolute atomic E-state index is 0.302. The minimum atomic E-state index is -2.77. The van der Waals surface area contributed by atoms with Crippen molar-refractivity contribution in [1.82, 2.24) is 15.1 Å². The molecule has 0 spiro atoms. The normalized spacial score (nSPS) is 24.2. The highest BCUT2D eigenvalue weighted by Gasteiger charge is 2.29. The van der Waals surface area contributed by atoms with Gasteiger partial charge >= 0.3 is 0 Å². The van der Waals surface area contributed by atoms with E-state index in [2.05, 4.69) is 10.4 Å². The van der Waals surface area contributed by atoms with Crippen molar-refractivity contribution in [2.24, 2.45) is 13.0 Å². The van der Waals surface area contributed by atoms with Gasteiger partial charge in [0.1, 0.15) is 0 Å². The summed E-state index contributed by atoms with van der Waals surface area (Å²) in [6.07, 6.45) is 4.50. The molecule has 0 aliphatic carbocycles. The Morgan fingerprint density at radius 1 is 1.61 bits per heavy atom. The molecule has 1 aromatic heterocycles. The van der Waals surface area contributed by atoms with Crippen molar-refractivity contribution in [2.75, 3.05) is 18.6 Å². The topological polar surface area (TPSA) is 64.0 Å². The van der Waals surface area contributed by atoms with Gasteiger partial charge in [-0.1, -0.05) is 0 Å². The van der Waals surface area contributed by atoms with Crippen LogP contribution in [-0.2, 0) is 23.3 Å². The Morgan fingerprint density at radius 3 is 2.89 bits per heavy atom. The molecule has 18 heavy (non-hydrogen) atoms. The molecule has 6 heteroatoms. The summed E-state index contributed by atoms with van der Waals surface area (Å²) in [4.78, 5) is 0. The zero-order valence-electron chi connectivity index (χ0n) is 11.0. The highest BCUT2D eigenvalue weighted by Crippen LogP contribution is 2.23. The summed E-state index contributed by atoms with van der Waals surface area (Å²) in [5.74, 6) is 1.02. The molecule has 2 unspecified atom stereocenters. The Hall–Kier alpha value is -0.880. The molecule has 0 bridgehead atoms. The third kappa shape index (κ3) is 3.55. The predicted molar refractivity (Wildman–Crippen MR) is 71.1 cm³/mol. The molecule has 1 fully saturated rings. The second-order valence-electron chi connectivity index (χ2n) is 5.18. The number of nitrogens with one attached hydrogen (secondary N) is 1. The van der Waals surface area contributed by atoms with Crippen LogP contribution in [0.4, 0.5) is 0 Å². The van der Waals surface area contributed by atoms with E-state index in [4.69, 9.17) is 0 Å². The molecule has 0 aromatic carbocycles. The van der Waals surface area contributed by atoms with Gasteiger partial charge in [0.2, 0.25) is 0 Å². The van der Waals surface area contributed by atoms with Gasteiger partial charge in [0.05, 0.1) is 17.2 Å². The fourth-order valence-electron chi connectivity index (χ4n) is 2.59. The Labute approximate surface area is 108 Å². The maximum atomic E-state index is 11.4. The summed E-state index contributed by atoms with van der Waals surface area (Å²) in [6.45, 7) is 0. The molecule has 1 aromatic rings. The summed E-state index contributed by atoms with van der Waals surface area (Å²) >= 11 is 0. The van der Waals surface area contributed by atoms with Gasteiger partial charge in [-0.3, -0.25) is 4.68 Å². The van der Waals surface area contributed by atoms with Crippen LogP contribution < -0.4 is 5.32 Å². The fraction of sp³-hybridized carbons (Fsp3) is 0.750. The first-order valence-corrected chi connectivity index (χ1v) is 8.17. The molecular weight excluding hydrogens is 250 g/mol. The van der Waals surface area contributed by atoms with Gasteiger partial charge in [0, 0.05) is 25.7 Å². The second kappa shape index (κ2) is 5.40. The van der Waals surface area contributed by atoms with E-state index < -0.39 is 9.84 Å². The van der Waals surface area contributed by atoms with Gasteiger partial charge in [0.15, 0.2) is 9.84 Å². The van der Waals surface area contributed by atoms with E-state index in [1.165, 1.54) is 0 Å². The van der Waals surface area contributed by atoms with E-state index in [1.807, 2.05) is 26.4 Å². The molecule has 2 heterocycles. The zero-order chi connectivity index (χ0) is 13.2. The van der Waals surface area contributed by atoms with Crippen LogP contribution in [0.1, 0.15) is 18.5 Å². The maximum absolute atomic E-state index is 11.4. The number of hydrogen-bond donors (Lipinski definition) is 1. The SMILES string of the molecule is CNC(Cc1ccn(C)n1)CC1CCS(=O)(=O)C1. The first-order valence-electron chi connectivity index (χ1n) is 6.35. The third-order valence-electron chi connectivity index (χ3n) is 3.58. The van der Waals surface area contributed by atoms with Crippen LogP contribution in [0.15, 0.2) is 12.3 Å². The lowest BCUT2D eigenvalue weighted by molar-refractivity contribution is 0.420. The molecule has 1 saturated heterocycles. The van der Waals surface area contributed by atoms with E-state index in [1.54, 1.807) is 4.68 Å². The number of hydrogen-bond acceptors (Lipinski definition) is 4. The van der Waals surface area contributed by atoms with Crippen molar-refractivity contribution in [3.05, 3.63) is 18.0 Å². The van der Waals surface area contributed by atoms with Crippen LogP contribution in [0.5, 0.6) is 0 Å². The molecule has 0 saturated carbocycles. The third-order valence-corrected chi connectivity index (χ3v) is 5.41. The maximum Gasteiger partial charge on any atom is 0.150 e. The molecule has 1 aliphatic heterocycles. The van der Waals surface area contributed by atoms with E-state index in [0.29, 0.717) is 23.5 Å². The van der Waals surface area contributed by atoms with Crippen molar-refractivity contribution < 1.29 is 8.42 Å². The van der Waals surface area contributed by atoms with Crippen LogP contribution >= 0.6 is 0 Å². The van der Waals surface area contributed by atoms with Crippen molar-refractivity contribution in [3.8, 4) is 0 Å². The predicted octanol–water partition coefficient (Wildman–Crippen LogP) is 0.375. The van der Waals surface area contributed by atoms with E-state index in [-0.39, 0.29) is 0 Å². The van der Waals surface area contributed by atoms with Crippen LogP contribution in [-0.4, -0.2) is 42.8 Å². The average molecular weight is 271 g/mol. The Balaban J connectivity index is 1.90. The van der Waals surface area contributed by atoms with Crippen molar-refractivity contribution in [3.63, 3.8) is 0 Å². The smallest absolute Gasteiger partial charge is 0.150 e. The highest BCUT2D eigenvalue weighted by atomic mass is 32.2. The van der Waals surface area contributed by atoms with Gasteiger partial charge in [-0.05, 0) is 31.9 Å². The van der Waals surface area contributed by atoms with Gasteiger partial charge in [-0.2, -0.15) is 5.10 Å². The lowest BCUT2D eigenvalue weighted by atomic mass is 9.96. The molecule has 102 valence electrons. The van der Waals surface area contributed by atoms with E-state index in [0.717, 1.165) is 25.0 Å². The van der Waals surface area contributed by atoms with Crippen molar-refractivity contribution in [1.29, 1.82) is 0 Å². The first-order chi connectivity index (χ1) is 8.48. The zero-order valence-corrected chi connectivity index (χ0v) is 11.8. The van der Waals surface area contributed by atoms with Crippen LogP contribution in [0.2, 0.25) is 0 Å². The quantitative estimate of drug-likeness (QED) is 0.840.